The molecule has 0 heterocycles. The Labute approximate surface area is 85.0 Å². The second-order valence-corrected chi connectivity index (χ2v) is 3.59. The normalized spacial score (nSPS) is 11.4. The summed E-state index contributed by atoms with van der Waals surface area (Å²) in [4.78, 5) is 10.4. The van der Waals surface area contributed by atoms with Gasteiger partial charge in [-0.3, -0.25) is 0 Å². The van der Waals surface area contributed by atoms with Crippen molar-refractivity contribution in [1.82, 2.24) is 0 Å². The van der Waals surface area contributed by atoms with Crippen molar-refractivity contribution in [2.75, 3.05) is 0 Å². The first kappa shape index (κ1) is 9.99. The molecule has 1 aromatic carbocycles. The third-order valence-corrected chi connectivity index (χ3v) is 2.11. The lowest BCUT2D eigenvalue weighted by Gasteiger charge is -2.00. The van der Waals surface area contributed by atoms with Crippen molar-refractivity contribution in [2.45, 2.75) is 6.92 Å². The molecule has 0 spiro atoms. The molecule has 0 amide bonds. The first-order valence-electron chi connectivity index (χ1n) is 3.77. The smallest absolute Gasteiger partial charge is 0.328 e. The van der Waals surface area contributed by atoms with Crippen LogP contribution in [0.3, 0.4) is 0 Å². The predicted molar refractivity (Wildman–Crippen MR) is 55.4 cm³/mol. The summed E-state index contributed by atoms with van der Waals surface area (Å²) in [5.41, 5.74) is 1.66. The lowest BCUT2D eigenvalue weighted by molar-refractivity contribution is -0.131. The topological polar surface area (TPSA) is 37.3 Å². The summed E-state index contributed by atoms with van der Waals surface area (Å²) in [6.07, 6.45) is 1.20. The molecule has 1 N–H and O–H groups in total. The number of hydrogen-bond donors (Lipinski definition) is 1. The molecule has 0 aliphatic carbocycles. The summed E-state index contributed by atoms with van der Waals surface area (Å²) in [6.45, 7) is 1.77. The first-order chi connectivity index (χ1) is 6.09. The van der Waals surface area contributed by atoms with E-state index in [-0.39, 0.29) is 0 Å². The van der Waals surface area contributed by atoms with Gasteiger partial charge in [0, 0.05) is 10.5 Å². The van der Waals surface area contributed by atoms with Gasteiger partial charge in [-0.2, -0.15) is 0 Å². The van der Waals surface area contributed by atoms with Crippen LogP contribution in [0.2, 0.25) is 0 Å². The molecular weight excluding hydrogens is 232 g/mol. The zero-order valence-corrected chi connectivity index (χ0v) is 8.71. The van der Waals surface area contributed by atoms with E-state index in [0.29, 0.717) is 0 Å². The van der Waals surface area contributed by atoms with E-state index in [9.17, 15) is 4.79 Å². The highest BCUT2D eigenvalue weighted by Gasteiger charge is 1.98. The van der Waals surface area contributed by atoms with Crippen molar-refractivity contribution in [3.8, 4) is 0 Å². The molecule has 0 aliphatic rings. The Morgan fingerprint density at radius 1 is 1.54 bits per heavy atom. The van der Waals surface area contributed by atoms with E-state index in [1.54, 1.807) is 6.92 Å². The molecule has 13 heavy (non-hydrogen) atoms. The Morgan fingerprint density at radius 3 is 2.77 bits per heavy atom. The third kappa shape index (κ3) is 3.03. The van der Waals surface area contributed by atoms with Crippen molar-refractivity contribution in [3.05, 3.63) is 40.4 Å². The number of carboxylic acid groups (broad SMARTS) is 1. The summed E-state index contributed by atoms with van der Waals surface area (Å²) in [5.74, 6) is -0.919. The van der Waals surface area contributed by atoms with E-state index < -0.39 is 5.97 Å². The number of rotatable bonds is 2. The molecule has 0 fully saturated rings. The maximum Gasteiger partial charge on any atom is 0.328 e. The van der Waals surface area contributed by atoms with Crippen molar-refractivity contribution < 1.29 is 9.90 Å². The second kappa shape index (κ2) is 4.23. The number of benzene rings is 1. The number of allylic oxidation sites excluding steroid dienone is 1. The average molecular weight is 241 g/mol. The van der Waals surface area contributed by atoms with Gasteiger partial charge in [-0.15, -0.1) is 0 Å². The standard InChI is InChI=1S/C10H9BrO2/c1-7(5-10(12)13)8-3-2-4-9(11)6-8/h2-6H,1H3,(H,12,13)/b7-5-. The van der Waals surface area contributed by atoms with Crippen LogP contribution in [0.4, 0.5) is 0 Å². The fourth-order valence-corrected chi connectivity index (χ4v) is 1.40. The fourth-order valence-electron chi connectivity index (χ4n) is 1.00. The summed E-state index contributed by atoms with van der Waals surface area (Å²) in [7, 11) is 0. The van der Waals surface area contributed by atoms with Crippen LogP contribution in [0.15, 0.2) is 34.8 Å². The molecule has 1 rings (SSSR count). The van der Waals surface area contributed by atoms with Gasteiger partial charge in [0.1, 0.15) is 0 Å². The lowest BCUT2D eigenvalue weighted by Crippen LogP contribution is -1.89. The summed E-state index contributed by atoms with van der Waals surface area (Å²) >= 11 is 3.32. The zero-order chi connectivity index (χ0) is 9.84. The van der Waals surface area contributed by atoms with Gasteiger partial charge in [0.25, 0.3) is 0 Å². The van der Waals surface area contributed by atoms with E-state index in [4.69, 9.17) is 5.11 Å². The molecule has 0 saturated carbocycles. The van der Waals surface area contributed by atoms with Gasteiger partial charge >= 0.3 is 5.97 Å². The molecule has 0 unspecified atom stereocenters. The monoisotopic (exact) mass is 240 g/mol. The van der Waals surface area contributed by atoms with E-state index in [0.717, 1.165) is 15.6 Å². The molecule has 0 bridgehead atoms. The molecule has 0 radical (unpaired) electrons. The van der Waals surface area contributed by atoms with Crippen LogP contribution < -0.4 is 0 Å². The number of carbonyl (C=O) groups is 1. The van der Waals surface area contributed by atoms with Gasteiger partial charge in [-0.25, -0.2) is 4.79 Å². The number of halogens is 1. The summed E-state index contributed by atoms with van der Waals surface area (Å²) in [6, 6.07) is 7.53. The molecule has 68 valence electrons. The highest BCUT2D eigenvalue weighted by Crippen LogP contribution is 2.18. The Kier molecular flexibility index (Phi) is 3.25. The molecule has 0 aliphatic heterocycles. The molecular formula is C10H9BrO2. The minimum absolute atomic E-state index is 0.744. The van der Waals surface area contributed by atoms with Crippen LogP contribution in [-0.4, -0.2) is 11.1 Å². The molecule has 3 heteroatoms. The van der Waals surface area contributed by atoms with Crippen molar-refractivity contribution >= 4 is 27.5 Å². The summed E-state index contributed by atoms with van der Waals surface area (Å²) < 4.78 is 0.947. The van der Waals surface area contributed by atoms with Crippen LogP contribution in [0.5, 0.6) is 0 Å². The highest BCUT2D eigenvalue weighted by atomic mass is 79.9. The Bertz CT molecular complexity index is 356. The molecule has 2 nitrogen and oxygen atoms in total. The average Bonchev–Trinajstić information content (AvgIpc) is 2.03. The Balaban J connectivity index is 3.02. The SMILES string of the molecule is C/C(=C/C(=O)O)c1cccc(Br)c1. The van der Waals surface area contributed by atoms with E-state index in [2.05, 4.69) is 15.9 Å². The van der Waals surface area contributed by atoms with E-state index in [1.807, 2.05) is 24.3 Å². The van der Waals surface area contributed by atoms with Crippen molar-refractivity contribution in [1.29, 1.82) is 0 Å². The van der Waals surface area contributed by atoms with Crippen LogP contribution in [0, 0.1) is 0 Å². The molecule has 1 aromatic rings. The Hall–Kier alpha value is -1.09. The van der Waals surface area contributed by atoms with Gasteiger partial charge in [-0.1, -0.05) is 28.1 Å². The van der Waals surface area contributed by atoms with E-state index >= 15 is 0 Å². The zero-order valence-electron chi connectivity index (χ0n) is 7.12. The van der Waals surface area contributed by atoms with Crippen LogP contribution in [-0.2, 0) is 4.79 Å². The maximum absolute atomic E-state index is 10.4. The van der Waals surface area contributed by atoms with Crippen molar-refractivity contribution in [2.24, 2.45) is 0 Å². The summed E-state index contributed by atoms with van der Waals surface area (Å²) in [5, 5.41) is 8.53. The van der Waals surface area contributed by atoms with Gasteiger partial charge in [0.2, 0.25) is 0 Å². The minimum atomic E-state index is -0.919. The van der Waals surface area contributed by atoms with Crippen LogP contribution in [0.25, 0.3) is 5.57 Å². The van der Waals surface area contributed by atoms with Gasteiger partial charge < -0.3 is 5.11 Å². The third-order valence-electron chi connectivity index (χ3n) is 1.62. The minimum Gasteiger partial charge on any atom is -0.478 e. The van der Waals surface area contributed by atoms with Crippen LogP contribution in [0.1, 0.15) is 12.5 Å². The van der Waals surface area contributed by atoms with Gasteiger partial charge in [0.15, 0.2) is 0 Å². The predicted octanol–water partition coefficient (Wildman–Crippen LogP) is 2.94. The number of aliphatic carboxylic acids is 1. The van der Waals surface area contributed by atoms with Crippen LogP contribution >= 0.6 is 15.9 Å². The largest absolute Gasteiger partial charge is 0.478 e. The molecule has 0 atom stereocenters. The number of hydrogen-bond acceptors (Lipinski definition) is 1. The molecule has 0 aromatic heterocycles. The highest BCUT2D eigenvalue weighted by molar-refractivity contribution is 9.10. The lowest BCUT2D eigenvalue weighted by atomic mass is 10.1. The number of carboxylic acids is 1. The quantitative estimate of drug-likeness (QED) is 0.808. The first-order valence-corrected chi connectivity index (χ1v) is 4.56. The van der Waals surface area contributed by atoms with Gasteiger partial charge in [0.05, 0.1) is 0 Å². The van der Waals surface area contributed by atoms with Crippen molar-refractivity contribution in [3.63, 3.8) is 0 Å². The molecule has 0 saturated heterocycles. The second-order valence-electron chi connectivity index (χ2n) is 2.68. The van der Waals surface area contributed by atoms with Gasteiger partial charge in [-0.05, 0) is 30.2 Å². The van der Waals surface area contributed by atoms with E-state index in [1.165, 1.54) is 6.08 Å². The maximum atomic E-state index is 10.4. The fraction of sp³-hybridized carbons (Fsp3) is 0.100. The Morgan fingerprint density at radius 2 is 2.23 bits per heavy atom.